The van der Waals surface area contributed by atoms with Crippen molar-refractivity contribution < 1.29 is 38.2 Å². The summed E-state index contributed by atoms with van der Waals surface area (Å²) in [6, 6.07) is -0.727. The van der Waals surface area contributed by atoms with Crippen LogP contribution in [0.2, 0.25) is 0 Å². The molecule has 0 heterocycles. The minimum atomic E-state index is -1.12. The second kappa shape index (κ2) is 45.8. The summed E-state index contributed by atoms with van der Waals surface area (Å²) in [5, 5.41) is 11.7. The van der Waals surface area contributed by atoms with Gasteiger partial charge in [-0.05, 0) is 51.4 Å². The number of rotatable bonds is 47. The first kappa shape index (κ1) is 60.3. The van der Waals surface area contributed by atoms with E-state index in [4.69, 9.17) is 14.2 Å². The summed E-state index contributed by atoms with van der Waals surface area (Å²) >= 11 is 0. The van der Waals surface area contributed by atoms with Gasteiger partial charge >= 0.3 is 11.9 Å². The molecule has 0 aliphatic carbocycles. The highest BCUT2D eigenvalue weighted by atomic mass is 16.6. The van der Waals surface area contributed by atoms with Crippen LogP contribution in [-0.4, -0.2) is 75.5 Å². The van der Waals surface area contributed by atoms with Gasteiger partial charge < -0.3 is 28.6 Å². The number of carboxylic acid groups (broad SMARTS) is 1. The molecule has 366 valence electrons. The number of ether oxygens (including phenoxy) is 3. The van der Waals surface area contributed by atoms with Crippen molar-refractivity contribution in [3.63, 3.8) is 0 Å². The quantitative estimate of drug-likeness (QED) is 0.0259. The number of carbonyl (C=O) groups is 3. The smallest absolute Gasteiger partial charge is 0.306 e. The van der Waals surface area contributed by atoms with Gasteiger partial charge in [-0.15, -0.1) is 0 Å². The van der Waals surface area contributed by atoms with E-state index in [1.54, 1.807) is 21.1 Å². The van der Waals surface area contributed by atoms with E-state index in [1.165, 1.54) is 128 Å². The predicted octanol–water partition coefficient (Wildman–Crippen LogP) is 13.8. The molecule has 0 N–H and O–H groups in total. The van der Waals surface area contributed by atoms with Crippen molar-refractivity contribution in [3.8, 4) is 0 Å². The Balaban J connectivity index is 4.23. The molecule has 0 bridgehead atoms. The Kier molecular flexibility index (Phi) is 43.9. The van der Waals surface area contributed by atoms with Gasteiger partial charge in [0, 0.05) is 19.3 Å². The average Bonchev–Trinajstić information content (AvgIpc) is 3.24. The minimum absolute atomic E-state index is 0.0402. The number of unbranched alkanes of at least 4 members (excludes halogenated alkanes) is 25. The van der Waals surface area contributed by atoms with Crippen molar-refractivity contribution in [3.05, 3.63) is 48.6 Å². The third-order valence-corrected chi connectivity index (χ3v) is 11.7. The fraction of sp³-hybridized carbons (Fsp3) is 0.800. The largest absolute Gasteiger partial charge is 0.544 e. The lowest BCUT2D eigenvalue weighted by molar-refractivity contribution is -0.889. The highest BCUT2D eigenvalue weighted by Crippen LogP contribution is 2.16. The van der Waals surface area contributed by atoms with Gasteiger partial charge in [0.1, 0.15) is 12.6 Å². The van der Waals surface area contributed by atoms with Crippen LogP contribution >= 0.6 is 0 Å². The van der Waals surface area contributed by atoms with Crippen LogP contribution in [0.1, 0.15) is 232 Å². The van der Waals surface area contributed by atoms with Crippen LogP contribution < -0.4 is 5.11 Å². The normalized spacial score (nSPS) is 13.2. The number of carbonyl (C=O) groups excluding carboxylic acids is 3. The molecule has 0 aromatic carbocycles. The van der Waals surface area contributed by atoms with Gasteiger partial charge in [0.05, 0.1) is 40.3 Å². The fourth-order valence-corrected chi connectivity index (χ4v) is 7.71. The fourth-order valence-electron chi connectivity index (χ4n) is 7.71. The summed E-state index contributed by atoms with van der Waals surface area (Å²) in [5.74, 6) is -1.73. The molecule has 0 amide bonds. The standard InChI is InChI=1S/C55H99NO7/c1-6-8-10-12-14-16-18-20-22-24-25-26-27-28-30-32-34-36-38-40-42-44-46-54(58)63-51(49-61-48-47-52(55(59)60)56(3,4)5)50-62-53(57)45-43-41-39-37-35-33-31-29-23-21-19-17-15-13-11-9-7-2/h8,10,14,16,20,22,25-26,51-52H,6-7,9,11-13,15,17-19,21,23-24,27-50H2,1-5H3/b10-8+,16-14+,22-20+,26-25+. The zero-order valence-corrected chi connectivity index (χ0v) is 41.7. The molecule has 0 spiro atoms. The van der Waals surface area contributed by atoms with Crippen molar-refractivity contribution in [1.82, 2.24) is 0 Å². The second-order valence-corrected chi connectivity index (χ2v) is 18.7. The van der Waals surface area contributed by atoms with Crippen molar-refractivity contribution in [2.24, 2.45) is 0 Å². The second-order valence-electron chi connectivity index (χ2n) is 18.7. The van der Waals surface area contributed by atoms with Crippen molar-refractivity contribution in [2.75, 3.05) is 41.0 Å². The van der Waals surface area contributed by atoms with E-state index in [9.17, 15) is 19.5 Å². The van der Waals surface area contributed by atoms with Crippen LogP contribution in [0.5, 0.6) is 0 Å². The molecular weight excluding hydrogens is 787 g/mol. The van der Waals surface area contributed by atoms with E-state index in [0.717, 1.165) is 70.6 Å². The third kappa shape index (κ3) is 44.3. The van der Waals surface area contributed by atoms with Gasteiger partial charge in [0.2, 0.25) is 0 Å². The van der Waals surface area contributed by atoms with E-state index >= 15 is 0 Å². The maximum absolute atomic E-state index is 12.8. The monoisotopic (exact) mass is 886 g/mol. The van der Waals surface area contributed by atoms with Gasteiger partial charge in [0.25, 0.3) is 0 Å². The van der Waals surface area contributed by atoms with Crippen molar-refractivity contribution in [2.45, 2.75) is 244 Å². The van der Waals surface area contributed by atoms with E-state index < -0.39 is 18.1 Å². The number of esters is 2. The van der Waals surface area contributed by atoms with E-state index in [0.29, 0.717) is 12.8 Å². The first-order chi connectivity index (χ1) is 30.6. The van der Waals surface area contributed by atoms with Gasteiger partial charge in [0.15, 0.2) is 6.10 Å². The van der Waals surface area contributed by atoms with Crippen LogP contribution in [0.3, 0.4) is 0 Å². The Morgan fingerprint density at radius 1 is 0.492 bits per heavy atom. The molecule has 8 heteroatoms. The third-order valence-electron chi connectivity index (χ3n) is 11.7. The Morgan fingerprint density at radius 2 is 0.889 bits per heavy atom. The highest BCUT2D eigenvalue weighted by molar-refractivity contribution is 5.70. The Hall–Kier alpha value is -2.71. The van der Waals surface area contributed by atoms with E-state index in [2.05, 4.69) is 62.5 Å². The van der Waals surface area contributed by atoms with Crippen LogP contribution in [0.15, 0.2) is 48.6 Å². The Morgan fingerprint density at radius 3 is 1.32 bits per heavy atom. The molecule has 2 unspecified atom stereocenters. The van der Waals surface area contributed by atoms with Crippen LogP contribution in [0.25, 0.3) is 0 Å². The van der Waals surface area contributed by atoms with Crippen molar-refractivity contribution in [1.29, 1.82) is 0 Å². The first-order valence-corrected chi connectivity index (χ1v) is 26.2. The summed E-state index contributed by atoms with van der Waals surface area (Å²) in [5.41, 5.74) is 0. The van der Waals surface area contributed by atoms with Gasteiger partial charge in [-0.1, -0.05) is 210 Å². The zero-order chi connectivity index (χ0) is 46.3. The Bertz CT molecular complexity index is 1170. The predicted molar refractivity (Wildman–Crippen MR) is 263 cm³/mol. The topological polar surface area (TPSA) is 102 Å². The minimum Gasteiger partial charge on any atom is -0.544 e. The highest BCUT2D eigenvalue weighted by Gasteiger charge is 2.25. The molecular formula is C55H99NO7. The average molecular weight is 886 g/mol. The van der Waals surface area contributed by atoms with E-state index in [-0.39, 0.29) is 42.7 Å². The number of allylic oxidation sites excluding steroid dienone is 8. The number of hydrogen-bond donors (Lipinski definition) is 0. The number of nitrogens with zero attached hydrogens (tertiary/aromatic N) is 1. The lowest BCUT2D eigenvalue weighted by atomic mass is 10.0. The maximum atomic E-state index is 12.8. The molecule has 0 radical (unpaired) electrons. The summed E-state index contributed by atoms with van der Waals surface area (Å²) in [6.07, 6.45) is 55.6. The molecule has 0 rings (SSSR count). The molecule has 0 fully saturated rings. The van der Waals surface area contributed by atoms with Crippen molar-refractivity contribution >= 4 is 17.9 Å². The SMILES string of the molecule is CC/C=C/C/C=C/C/C=C/C/C=C/CCCCCCCCCCCC(=O)OC(COCCC(C(=O)[O-])[N+](C)(C)C)COC(=O)CCCCCCCCCCCCCCCCCCC. The lowest BCUT2D eigenvalue weighted by Crippen LogP contribution is -2.55. The molecule has 0 saturated carbocycles. The molecule has 0 saturated heterocycles. The summed E-state index contributed by atoms with van der Waals surface area (Å²) in [4.78, 5) is 37.1. The van der Waals surface area contributed by atoms with Gasteiger partial charge in [-0.2, -0.15) is 0 Å². The zero-order valence-electron chi connectivity index (χ0n) is 41.7. The molecule has 0 aliphatic rings. The first-order valence-electron chi connectivity index (χ1n) is 26.2. The summed E-state index contributed by atoms with van der Waals surface area (Å²) in [7, 11) is 5.42. The maximum Gasteiger partial charge on any atom is 0.306 e. The number of aliphatic carboxylic acids is 1. The van der Waals surface area contributed by atoms with Gasteiger partial charge in [-0.3, -0.25) is 9.59 Å². The molecule has 8 nitrogen and oxygen atoms in total. The molecule has 2 atom stereocenters. The summed E-state index contributed by atoms with van der Waals surface area (Å²) in [6.45, 7) is 4.58. The number of hydrogen-bond acceptors (Lipinski definition) is 7. The lowest BCUT2D eigenvalue weighted by Gasteiger charge is -2.34. The molecule has 0 aliphatic heterocycles. The molecule has 63 heavy (non-hydrogen) atoms. The van der Waals surface area contributed by atoms with Crippen LogP contribution in [0.4, 0.5) is 0 Å². The molecule has 0 aromatic rings. The molecule has 0 aromatic heterocycles. The number of carboxylic acids is 1. The van der Waals surface area contributed by atoms with Gasteiger partial charge in [-0.25, -0.2) is 0 Å². The van der Waals surface area contributed by atoms with E-state index in [1.807, 2.05) is 0 Å². The Labute approximate surface area is 388 Å². The van der Waals surface area contributed by atoms with Crippen LogP contribution in [0, 0.1) is 0 Å². The number of likely N-dealkylation sites (N-methyl/N-ethyl adjacent to an activating group) is 1. The van der Waals surface area contributed by atoms with Crippen LogP contribution in [-0.2, 0) is 28.6 Å². The summed E-state index contributed by atoms with van der Waals surface area (Å²) < 4.78 is 17.3. The number of quaternary nitrogens is 1.